The highest BCUT2D eigenvalue weighted by molar-refractivity contribution is 9.10. The number of aryl methyl sites for hydroxylation is 1. The Hall–Kier alpha value is -3.89. The van der Waals surface area contributed by atoms with E-state index in [1.165, 1.54) is 11.0 Å². The van der Waals surface area contributed by atoms with Gasteiger partial charge in [0.25, 0.3) is 5.91 Å². The molecule has 0 aliphatic carbocycles. The first-order valence-electron chi connectivity index (χ1n) is 13.3. The SMILES string of the molecule is Cc1nc2c(OCc3c(Cl)ccc(-n4cccc4C(N)C(=O)/C=C/c4ccc(C(=O)N(C)C)cc4)c3Cl)cccn2c1Br. The van der Waals surface area contributed by atoms with Gasteiger partial charge in [0.15, 0.2) is 17.2 Å². The number of ketones is 1. The number of hydrogen-bond acceptors (Lipinski definition) is 5. The summed E-state index contributed by atoms with van der Waals surface area (Å²) in [7, 11) is 3.39. The first-order valence-corrected chi connectivity index (χ1v) is 14.8. The first-order chi connectivity index (χ1) is 20.6. The van der Waals surface area contributed by atoms with Crippen LogP contribution in [0.15, 0.2) is 83.7 Å². The number of benzene rings is 2. The molecule has 3 aromatic heterocycles. The van der Waals surface area contributed by atoms with Crippen LogP contribution in [0.3, 0.4) is 0 Å². The summed E-state index contributed by atoms with van der Waals surface area (Å²) in [4.78, 5) is 31.3. The number of nitrogens with two attached hydrogens (primary N) is 1. The van der Waals surface area contributed by atoms with Crippen molar-refractivity contribution < 1.29 is 14.3 Å². The van der Waals surface area contributed by atoms with Crippen LogP contribution in [0.1, 0.15) is 38.9 Å². The number of halogens is 3. The lowest BCUT2D eigenvalue weighted by Gasteiger charge is -2.18. The molecule has 8 nitrogen and oxygen atoms in total. The van der Waals surface area contributed by atoms with Crippen molar-refractivity contribution in [2.24, 2.45) is 5.73 Å². The fraction of sp³-hybridized carbons (Fsp3) is 0.156. The summed E-state index contributed by atoms with van der Waals surface area (Å²) in [5.74, 6) is 0.189. The zero-order chi connectivity index (χ0) is 30.8. The van der Waals surface area contributed by atoms with Gasteiger partial charge in [0, 0.05) is 48.3 Å². The van der Waals surface area contributed by atoms with Crippen molar-refractivity contribution >= 4 is 62.5 Å². The van der Waals surface area contributed by atoms with Crippen molar-refractivity contribution in [3.63, 3.8) is 0 Å². The van der Waals surface area contributed by atoms with Gasteiger partial charge in [0.05, 0.1) is 16.4 Å². The Morgan fingerprint density at radius 2 is 1.79 bits per heavy atom. The van der Waals surface area contributed by atoms with Gasteiger partial charge in [-0.05, 0) is 83.0 Å². The van der Waals surface area contributed by atoms with Gasteiger partial charge in [-0.25, -0.2) is 4.98 Å². The highest BCUT2D eigenvalue weighted by Gasteiger charge is 2.21. The molecular weight excluding hydrogens is 653 g/mol. The highest BCUT2D eigenvalue weighted by Crippen LogP contribution is 2.34. The molecule has 3 heterocycles. The number of nitrogens with zero attached hydrogens (tertiary/aromatic N) is 4. The summed E-state index contributed by atoms with van der Waals surface area (Å²) in [5, 5.41) is 0.817. The van der Waals surface area contributed by atoms with E-state index in [1.54, 1.807) is 79.5 Å². The third-order valence-corrected chi connectivity index (χ3v) is 8.65. The number of pyridine rings is 1. The predicted octanol–water partition coefficient (Wildman–Crippen LogP) is 7.07. The van der Waals surface area contributed by atoms with Gasteiger partial charge in [-0.3, -0.25) is 14.0 Å². The molecule has 220 valence electrons. The van der Waals surface area contributed by atoms with E-state index >= 15 is 0 Å². The van der Waals surface area contributed by atoms with Crippen molar-refractivity contribution in [2.75, 3.05) is 14.1 Å². The second-order valence-electron chi connectivity index (χ2n) is 10.0. The fourth-order valence-electron chi connectivity index (χ4n) is 4.58. The number of carbonyl (C=O) groups is 2. The lowest BCUT2D eigenvalue weighted by atomic mass is 10.1. The summed E-state index contributed by atoms with van der Waals surface area (Å²) in [6, 6.07) is 16.8. The normalized spacial score (nSPS) is 12.2. The summed E-state index contributed by atoms with van der Waals surface area (Å²) < 4.78 is 10.7. The Morgan fingerprint density at radius 3 is 2.51 bits per heavy atom. The van der Waals surface area contributed by atoms with E-state index in [9.17, 15) is 9.59 Å². The van der Waals surface area contributed by atoms with Gasteiger partial charge < -0.3 is 19.9 Å². The van der Waals surface area contributed by atoms with Crippen molar-refractivity contribution in [3.8, 4) is 11.4 Å². The van der Waals surface area contributed by atoms with Crippen LogP contribution < -0.4 is 10.5 Å². The summed E-state index contributed by atoms with van der Waals surface area (Å²) in [6.45, 7) is 2.00. The molecule has 2 N–H and O–H groups in total. The second kappa shape index (κ2) is 12.8. The summed E-state index contributed by atoms with van der Waals surface area (Å²) in [5.41, 5.74) is 11.0. The lowest BCUT2D eigenvalue weighted by molar-refractivity contribution is -0.115. The minimum atomic E-state index is -0.952. The lowest BCUT2D eigenvalue weighted by Crippen LogP contribution is -2.22. The molecule has 11 heteroatoms. The number of amides is 1. The molecule has 5 rings (SSSR count). The van der Waals surface area contributed by atoms with Gasteiger partial charge >= 0.3 is 0 Å². The fourth-order valence-corrected chi connectivity index (χ4v) is 5.53. The number of aromatic nitrogens is 3. The third-order valence-electron chi connectivity index (χ3n) is 6.92. The molecule has 0 aliphatic heterocycles. The molecule has 1 amide bonds. The van der Waals surface area contributed by atoms with Crippen LogP contribution >= 0.6 is 39.1 Å². The van der Waals surface area contributed by atoms with Crippen LogP contribution in [0.2, 0.25) is 10.0 Å². The van der Waals surface area contributed by atoms with E-state index in [1.807, 2.05) is 29.7 Å². The van der Waals surface area contributed by atoms with Crippen LogP contribution in [-0.4, -0.2) is 44.6 Å². The zero-order valence-corrected chi connectivity index (χ0v) is 26.7. The number of imidazole rings is 1. The Kier molecular flexibility index (Phi) is 9.08. The van der Waals surface area contributed by atoms with Crippen molar-refractivity contribution in [1.82, 2.24) is 18.9 Å². The van der Waals surface area contributed by atoms with Gasteiger partial charge in [0.2, 0.25) is 0 Å². The quantitative estimate of drug-likeness (QED) is 0.168. The largest absolute Gasteiger partial charge is 0.485 e. The van der Waals surface area contributed by atoms with Crippen LogP contribution in [0, 0.1) is 6.92 Å². The molecule has 0 radical (unpaired) electrons. The van der Waals surface area contributed by atoms with Crippen molar-refractivity contribution in [1.29, 1.82) is 0 Å². The average molecular weight is 681 g/mol. The van der Waals surface area contributed by atoms with Gasteiger partial charge in [-0.1, -0.05) is 41.4 Å². The molecule has 0 fully saturated rings. The van der Waals surface area contributed by atoms with Crippen LogP contribution in [-0.2, 0) is 11.4 Å². The van der Waals surface area contributed by atoms with Gasteiger partial charge in [-0.15, -0.1) is 0 Å². The molecule has 1 unspecified atom stereocenters. The number of ether oxygens (including phenoxy) is 1. The van der Waals surface area contributed by atoms with Gasteiger partial charge in [-0.2, -0.15) is 0 Å². The molecule has 2 aromatic carbocycles. The van der Waals surface area contributed by atoms with E-state index in [0.29, 0.717) is 44.0 Å². The molecule has 0 aliphatic rings. The minimum Gasteiger partial charge on any atom is -0.485 e. The molecular formula is C32H28BrCl2N5O3. The number of fused-ring (bicyclic) bond motifs is 1. The number of rotatable bonds is 9. The zero-order valence-electron chi connectivity index (χ0n) is 23.6. The van der Waals surface area contributed by atoms with Crippen LogP contribution in [0.25, 0.3) is 17.4 Å². The standard InChI is InChI=1S/C32H28BrCl2N5O3/c1-19-30(33)40-17-5-7-27(31(40)37-19)43-18-22-23(34)13-14-24(28(22)35)39-16-4-6-25(39)29(36)26(41)15-10-20-8-11-21(12-9-20)32(42)38(2)3/h4-17,29H,18,36H2,1-3H3/b15-10+. The first kappa shape index (κ1) is 30.6. The Labute approximate surface area is 267 Å². The molecule has 0 bridgehead atoms. The maximum Gasteiger partial charge on any atom is 0.253 e. The van der Waals surface area contributed by atoms with Gasteiger partial charge in [0.1, 0.15) is 17.3 Å². The molecule has 0 saturated carbocycles. The molecule has 0 saturated heterocycles. The van der Waals surface area contributed by atoms with E-state index in [4.69, 9.17) is 33.7 Å². The summed E-state index contributed by atoms with van der Waals surface area (Å²) >= 11 is 17.0. The Balaban J connectivity index is 1.36. The Bertz CT molecular complexity index is 1860. The highest BCUT2D eigenvalue weighted by atomic mass is 79.9. The minimum absolute atomic E-state index is 0.0938. The maximum atomic E-state index is 13.1. The monoisotopic (exact) mass is 679 g/mol. The van der Waals surface area contributed by atoms with Crippen LogP contribution in [0.5, 0.6) is 5.75 Å². The van der Waals surface area contributed by atoms with Crippen LogP contribution in [0.4, 0.5) is 0 Å². The summed E-state index contributed by atoms with van der Waals surface area (Å²) in [6.07, 6.45) is 6.79. The predicted molar refractivity (Wildman–Crippen MR) is 173 cm³/mol. The topological polar surface area (TPSA) is 94.9 Å². The van der Waals surface area contributed by atoms with E-state index in [-0.39, 0.29) is 18.3 Å². The maximum absolute atomic E-state index is 13.1. The molecule has 1 atom stereocenters. The second-order valence-corrected chi connectivity index (χ2v) is 11.6. The van der Waals surface area contributed by atoms with E-state index < -0.39 is 6.04 Å². The number of carbonyl (C=O) groups excluding carboxylic acids is 2. The van der Waals surface area contributed by atoms with Crippen molar-refractivity contribution in [3.05, 3.63) is 122 Å². The smallest absolute Gasteiger partial charge is 0.253 e. The molecule has 43 heavy (non-hydrogen) atoms. The molecule has 5 aromatic rings. The van der Waals surface area contributed by atoms with E-state index in [0.717, 1.165) is 15.9 Å². The Morgan fingerprint density at radius 1 is 1.07 bits per heavy atom. The third kappa shape index (κ3) is 6.26. The van der Waals surface area contributed by atoms with Crippen molar-refractivity contribution in [2.45, 2.75) is 19.6 Å². The van der Waals surface area contributed by atoms with E-state index in [2.05, 4.69) is 20.9 Å². The molecule has 0 spiro atoms. The number of hydrogen-bond donors (Lipinski definition) is 1. The average Bonchev–Trinajstić information content (AvgIpc) is 3.60.